The van der Waals surface area contributed by atoms with Gasteiger partial charge in [-0.2, -0.15) is 0 Å². The monoisotopic (exact) mass is 604 g/mol. The number of para-hydroxylation sites is 4. The van der Waals surface area contributed by atoms with Gasteiger partial charge >= 0.3 is 6.85 Å². The Morgan fingerprint density at radius 1 is 0.609 bits per heavy atom. The second-order valence-corrected chi connectivity index (χ2v) is 13.6. The van der Waals surface area contributed by atoms with Crippen LogP contribution in [0, 0.1) is 6.92 Å². The van der Waals surface area contributed by atoms with Gasteiger partial charge in [-0.25, -0.2) is 0 Å². The van der Waals surface area contributed by atoms with Crippen LogP contribution >= 0.6 is 11.8 Å². The second-order valence-electron chi connectivity index (χ2n) is 12.5. The van der Waals surface area contributed by atoms with Crippen LogP contribution in [0.3, 0.4) is 0 Å². The van der Waals surface area contributed by atoms with Crippen LogP contribution in [0.15, 0.2) is 143 Å². The topological polar surface area (TPSA) is 17.4 Å². The van der Waals surface area contributed by atoms with E-state index in [0.717, 1.165) is 21.3 Å². The number of fused-ring (bicyclic) bond motifs is 11. The maximum Gasteiger partial charge on any atom is 0.333 e. The number of ether oxygens (including phenoxy) is 1. The molecule has 3 nitrogen and oxygen atoms in total. The van der Waals surface area contributed by atoms with E-state index in [4.69, 9.17) is 4.74 Å². The predicted molar refractivity (Wildman–Crippen MR) is 193 cm³/mol. The summed E-state index contributed by atoms with van der Waals surface area (Å²) in [4.78, 5) is 4.89. The molecule has 0 bridgehead atoms. The third-order valence-corrected chi connectivity index (χ3v) is 11.2. The third kappa shape index (κ3) is 3.11. The van der Waals surface area contributed by atoms with Crippen molar-refractivity contribution in [1.82, 2.24) is 4.57 Å². The second kappa shape index (κ2) is 8.87. The number of hydrogen-bond acceptors (Lipinski definition) is 3. The van der Waals surface area contributed by atoms with E-state index in [9.17, 15) is 0 Å². The number of aromatic nitrogens is 1. The first kappa shape index (κ1) is 24.9. The fourth-order valence-corrected chi connectivity index (χ4v) is 9.20. The highest BCUT2D eigenvalue weighted by atomic mass is 32.2. The van der Waals surface area contributed by atoms with E-state index in [1.54, 1.807) is 11.8 Å². The van der Waals surface area contributed by atoms with Crippen molar-refractivity contribution in [2.24, 2.45) is 0 Å². The van der Waals surface area contributed by atoms with Crippen LogP contribution in [0.5, 0.6) is 11.5 Å². The number of aryl methyl sites for hydroxylation is 1. The minimum absolute atomic E-state index is 0.0229. The lowest BCUT2D eigenvalue weighted by atomic mass is 9.43. The van der Waals surface area contributed by atoms with Crippen molar-refractivity contribution in [3.8, 4) is 28.3 Å². The molecular formula is C41H25BN2OS. The van der Waals surface area contributed by atoms with Crippen LogP contribution in [0.25, 0.3) is 49.4 Å². The van der Waals surface area contributed by atoms with Gasteiger partial charge in [0.05, 0.1) is 26.5 Å². The van der Waals surface area contributed by atoms with Gasteiger partial charge in [-0.1, -0.05) is 103 Å². The van der Waals surface area contributed by atoms with E-state index in [-0.39, 0.29) is 6.85 Å². The van der Waals surface area contributed by atoms with Crippen LogP contribution in [-0.4, -0.2) is 11.4 Å². The summed E-state index contributed by atoms with van der Waals surface area (Å²) in [5.74, 6) is 1.83. The van der Waals surface area contributed by atoms with Crippen LogP contribution < -0.4 is 20.5 Å². The summed E-state index contributed by atoms with van der Waals surface area (Å²) in [5, 5.41) is 5.12. The Morgan fingerprint density at radius 3 is 2.33 bits per heavy atom. The normalized spacial score (nSPS) is 13.8. The molecule has 46 heavy (non-hydrogen) atoms. The molecule has 5 heteroatoms. The lowest BCUT2D eigenvalue weighted by molar-refractivity contribution is 0.455. The molecule has 0 aliphatic carbocycles. The molecular weight excluding hydrogens is 579 g/mol. The van der Waals surface area contributed by atoms with Crippen molar-refractivity contribution < 1.29 is 4.74 Å². The van der Waals surface area contributed by atoms with E-state index in [1.807, 2.05) is 6.07 Å². The zero-order chi connectivity index (χ0) is 30.1. The molecule has 0 radical (unpaired) electrons. The summed E-state index contributed by atoms with van der Waals surface area (Å²) < 4.78 is 9.19. The first-order chi connectivity index (χ1) is 22.7. The van der Waals surface area contributed by atoms with E-state index in [2.05, 4.69) is 144 Å². The fourth-order valence-electron chi connectivity index (χ4n) is 8.23. The van der Waals surface area contributed by atoms with Gasteiger partial charge in [-0.15, -0.1) is 0 Å². The van der Waals surface area contributed by atoms with Crippen molar-refractivity contribution in [1.29, 1.82) is 0 Å². The summed E-state index contributed by atoms with van der Waals surface area (Å²) >= 11 is 1.80. The molecule has 4 heterocycles. The highest BCUT2D eigenvalue weighted by Crippen LogP contribution is 2.53. The summed E-state index contributed by atoms with van der Waals surface area (Å²) in [6, 6.07) is 49.0. The van der Waals surface area contributed by atoms with Crippen molar-refractivity contribution in [2.75, 3.05) is 4.81 Å². The molecule has 0 fully saturated rings. The smallest absolute Gasteiger partial charge is 0.333 e. The van der Waals surface area contributed by atoms with E-state index in [0.29, 0.717) is 0 Å². The lowest BCUT2D eigenvalue weighted by Crippen LogP contribution is -2.60. The van der Waals surface area contributed by atoms with Crippen LogP contribution in [-0.2, 0) is 0 Å². The zero-order valence-corrected chi connectivity index (χ0v) is 25.8. The van der Waals surface area contributed by atoms with Crippen LogP contribution in [0.1, 0.15) is 5.56 Å². The van der Waals surface area contributed by atoms with Gasteiger partial charge in [0.2, 0.25) is 0 Å². The quantitative estimate of drug-likeness (QED) is 0.174. The molecule has 3 aliphatic heterocycles. The fraction of sp³-hybridized carbons (Fsp3) is 0.0244. The maximum atomic E-state index is 6.62. The van der Waals surface area contributed by atoms with Crippen LogP contribution in [0.4, 0.5) is 11.4 Å². The molecule has 7 aromatic carbocycles. The molecule has 0 amide bonds. The van der Waals surface area contributed by atoms with Crippen molar-refractivity contribution >= 4 is 73.5 Å². The van der Waals surface area contributed by atoms with Gasteiger partial charge in [0, 0.05) is 39.2 Å². The maximum absolute atomic E-state index is 6.62. The summed E-state index contributed by atoms with van der Waals surface area (Å²) in [6.45, 7) is 2.21. The molecule has 0 atom stereocenters. The predicted octanol–water partition coefficient (Wildman–Crippen LogP) is 9.74. The molecule has 214 valence electrons. The van der Waals surface area contributed by atoms with Gasteiger partial charge in [0.1, 0.15) is 11.5 Å². The molecule has 0 unspecified atom stereocenters. The Labute approximate surface area is 270 Å². The highest BCUT2D eigenvalue weighted by Gasteiger charge is 2.45. The minimum atomic E-state index is -0.0229. The molecule has 0 saturated heterocycles. The zero-order valence-electron chi connectivity index (χ0n) is 25.0. The number of hydrogen-bond donors (Lipinski definition) is 0. The Kier molecular flexibility index (Phi) is 4.80. The molecule has 0 spiro atoms. The molecule has 3 aliphatic rings. The molecule has 1 aromatic heterocycles. The lowest BCUT2D eigenvalue weighted by Gasteiger charge is -2.43. The minimum Gasteiger partial charge on any atom is -0.455 e. The summed E-state index contributed by atoms with van der Waals surface area (Å²) in [7, 11) is 0. The SMILES string of the molecule is Cc1ccccc1N1B2c3c(cc4ccccc4c3-n3c4ccccc4c4cccc2c43)-c2cc3c(cc21)Oc1ccccc1S3. The van der Waals surface area contributed by atoms with Crippen molar-refractivity contribution in [3.63, 3.8) is 0 Å². The standard InChI is InChI=1S/C41H25BN2OS/c1-24-11-2-6-17-32(24)44-34-23-36-38(46-37-20-9-8-19-35(37)45-36)22-29(34)30-21-25-12-3-4-13-26(25)41-39(30)42(44)31-16-10-15-28-27-14-5-7-18-33(27)43(41)40(28)31/h2-23H,1H3. The number of anilines is 2. The van der Waals surface area contributed by atoms with E-state index in [1.165, 1.54) is 77.3 Å². The molecule has 0 saturated carbocycles. The average Bonchev–Trinajstić information content (AvgIpc) is 3.43. The van der Waals surface area contributed by atoms with Gasteiger partial charge < -0.3 is 14.1 Å². The largest absolute Gasteiger partial charge is 0.455 e. The van der Waals surface area contributed by atoms with E-state index >= 15 is 0 Å². The van der Waals surface area contributed by atoms with Crippen molar-refractivity contribution in [3.05, 3.63) is 139 Å². The Balaban J connectivity index is 1.33. The average molecular weight is 605 g/mol. The molecule has 11 rings (SSSR count). The molecule has 8 aromatic rings. The van der Waals surface area contributed by atoms with E-state index < -0.39 is 0 Å². The number of rotatable bonds is 1. The molecule has 0 N–H and O–H groups in total. The third-order valence-electron chi connectivity index (χ3n) is 10.1. The van der Waals surface area contributed by atoms with Gasteiger partial charge in [0.25, 0.3) is 0 Å². The first-order valence-corrected chi connectivity index (χ1v) is 16.6. The summed E-state index contributed by atoms with van der Waals surface area (Å²) in [5.41, 5.74) is 12.7. The summed E-state index contributed by atoms with van der Waals surface area (Å²) in [6.07, 6.45) is 0. The van der Waals surface area contributed by atoms with Gasteiger partial charge in [0.15, 0.2) is 0 Å². The Morgan fingerprint density at radius 2 is 1.39 bits per heavy atom. The van der Waals surface area contributed by atoms with Gasteiger partial charge in [-0.3, -0.25) is 0 Å². The first-order valence-electron chi connectivity index (χ1n) is 15.8. The van der Waals surface area contributed by atoms with Crippen LogP contribution in [0.2, 0.25) is 0 Å². The van der Waals surface area contributed by atoms with Crippen molar-refractivity contribution in [2.45, 2.75) is 16.7 Å². The Hall–Kier alpha value is -5.39. The number of nitrogens with zero attached hydrogens (tertiary/aromatic N) is 2. The highest BCUT2D eigenvalue weighted by molar-refractivity contribution is 7.99. The Bertz CT molecular complexity index is 2640. The number of benzene rings is 7. The van der Waals surface area contributed by atoms with Gasteiger partial charge in [-0.05, 0) is 70.8 Å².